The highest BCUT2D eigenvalue weighted by atomic mass is 16.2. The zero-order valence-electron chi connectivity index (χ0n) is 11.5. The van der Waals surface area contributed by atoms with Gasteiger partial charge in [0.15, 0.2) is 5.71 Å². The summed E-state index contributed by atoms with van der Waals surface area (Å²) in [5, 5.41) is 9.55. The van der Waals surface area contributed by atoms with Crippen LogP contribution in [0.5, 0.6) is 0 Å². The van der Waals surface area contributed by atoms with E-state index in [-0.39, 0.29) is 5.91 Å². The Morgan fingerprint density at radius 1 is 1.16 bits per heavy atom. The summed E-state index contributed by atoms with van der Waals surface area (Å²) in [6.07, 6.45) is 3.60. The van der Waals surface area contributed by atoms with Gasteiger partial charge in [-0.2, -0.15) is 5.10 Å². The average molecular weight is 257 g/mol. The fourth-order valence-corrected chi connectivity index (χ4v) is 2.83. The van der Waals surface area contributed by atoms with Crippen LogP contribution in [0.2, 0.25) is 0 Å². The Morgan fingerprint density at radius 2 is 1.89 bits per heavy atom. The third-order valence-corrected chi connectivity index (χ3v) is 3.76. The Hall–Kier alpha value is -1.84. The van der Waals surface area contributed by atoms with Crippen LogP contribution in [0, 0.1) is 13.8 Å². The van der Waals surface area contributed by atoms with Gasteiger partial charge in [0.2, 0.25) is 0 Å². The Balaban J connectivity index is 1.99. The van der Waals surface area contributed by atoms with Crippen LogP contribution < -0.4 is 5.32 Å². The summed E-state index contributed by atoms with van der Waals surface area (Å²) >= 11 is 0. The van der Waals surface area contributed by atoms with E-state index in [9.17, 15) is 4.79 Å². The van der Waals surface area contributed by atoms with Crippen molar-refractivity contribution in [2.75, 3.05) is 18.4 Å². The largest absolute Gasteiger partial charge is 0.320 e. The molecule has 0 radical (unpaired) electrons. The van der Waals surface area contributed by atoms with Crippen molar-refractivity contribution in [3.8, 4) is 0 Å². The number of benzene rings is 1. The number of aryl methyl sites for hydroxylation is 2. The molecule has 3 rings (SSSR count). The molecule has 0 bridgehead atoms. The minimum absolute atomic E-state index is 0.0747. The number of hydrogen-bond acceptors (Lipinski definition) is 3. The Kier molecular flexibility index (Phi) is 3.01. The van der Waals surface area contributed by atoms with Crippen LogP contribution in [0.1, 0.15) is 36.0 Å². The standard InChI is InChI=1S/C15H19N3O/c1-10-8-11(2)13-12(9-10)14(15(19)16-13)17-18-6-4-3-5-7-18/h8-9H,3-7H2,1-2H3,(H,16,17,19). The fraction of sp³-hybridized carbons (Fsp3) is 0.467. The zero-order chi connectivity index (χ0) is 13.4. The first-order valence-electron chi connectivity index (χ1n) is 6.91. The number of hydrazone groups is 1. The molecule has 1 fully saturated rings. The normalized spacial score (nSPS) is 20.6. The minimum atomic E-state index is -0.0747. The maximum atomic E-state index is 12.1. The lowest BCUT2D eigenvalue weighted by atomic mass is 10.0. The lowest BCUT2D eigenvalue weighted by Gasteiger charge is -2.23. The number of hydrogen-bond donors (Lipinski definition) is 1. The van der Waals surface area contributed by atoms with E-state index in [4.69, 9.17) is 0 Å². The molecule has 0 unspecified atom stereocenters. The van der Waals surface area contributed by atoms with Gasteiger partial charge in [0.1, 0.15) is 0 Å². The first-order chi connectivity index (χ1) is 9.15. The van der Waals surface area contributed by atoms with E-state index in [1.54, 1.807) is 0 Å². The predicted octanol–water partition coefficient (Wildman–Crippen LogP) is 2.45. The molecule has 0 aliphatic carbocycles. The van der Waals surface area contributed by atoms with Crippen LogP contribution in [-0.4, -0.2) is 29.7 Å². The van der Waals surface area contributed by atoms with E-state index >= 15 is 0 Å². The highest BCUT2D eigenvalue weighted by Crippen LogP contribution is 2.29. The number of nitrogens with one attached hydrogen (secondary N) is 1. The van der Waals surface area contributed by atoms with Crippen molar-refractivity contribution in [3.05, 3.63) is 28.8 Å². The van der Waals surface area contributed by atoms with Crippen LogP contribution in [-0.2, 0) is 4.79 Å². The fourth-order valence-electron chi connectivity index (χ4n) is 2.83. The second kappa shape index (κ2) is 4.68. The van der Waals surface area contributed by atoms with Gasteiger partial charge >= 0.3 is 0 Å². The number of amides is 1. The summed E-state index contributed by atoms with van der Waals surface area (Å²) in [4.78, 5) is 12.1. The van der Waals surface area contributed by atoms with E-state index in [1.165, 1.54) is 12.0 Å². The summed E-state index contributed by atoms with van der Waals surface area (Å²) in [7, 11) is 0. The molecule has 4 nitrogen and oxygen atoms in total. The van der Waals surface area contributed by atoms with Crippen LogP contribution in [0.15, 0.2) is 17.2 Å². The molecule has 1 aromatic rings. The Labute approximate surface area is 113 Å². The molecule has 19 heavy (non-hydrogen) atoms. The summed E-state index contributed by atoms with van der Waals surface area (Å²) in [5.41, 5.74) is 4.72. The van der Waals surface area contributed by atoms with Gasteiger partial charge in [0, 0.05) is 18.7 Å². The smallest absolute Gasteiger partial charge is 0.276 e. The molecule has 2 aliphatic rings. The van der Waals surface area contributed by atoms with Gasteiger partial charge in [-0.25, -0.2) is 0 Å². The summed E-state index contributed by atoms with van der Waals surface area (Å²) in [6.45, 7) is 5.98. The first kappa shape index (κ1) is 12.2. The molecule has 1 amide bonds. The first-order valence-corrected chi connectivity index (χ1v) is 6.91. The van der Waals surface area contributed by atoms with E-state index in [0.29, 0.717) is 5.71 Å². The topological polar surface area (TPSA) is 44.7 Å². The van der Waals surface area contributed by atoms with Gasteiger partial charge in [0.05, 0.1) is 5.69 Å². The monoisotopic (exact) mass is 257 g/mol. The molecule has 2 heterocycles. The highest BCUT2D eigenvalue weighted by molar-refractivity contribution is 6.54. The quantitative estimate of drug-likeness (QED) is 0.840. The second-order valence-corrected chi connectivity index (χ2v) is 5.42. The molecule has 1 saturated heterocycles. The molecule has 100 valence electrons. The molecule has 0 aromatic heterocycles. The number of rotatable bonds is 1. The van der Waals surface area contributed by atoms with Crippen molar-refractivity contribution in [1.82, 2.24) is 5.01 Å². The van der Waals surface area contributed by atoms with Crippen molar-refractivity contribution >= 4 is 17.3 Å². The average Bonchev–Trinajstić information content (AvgIpc) is 2.69. The molecular weight excluding hydrogens is 238 g/mol. The third-order valence-electron chi connectivity index (χ3n) is 3.76. The van der Waals surface area contributed by atoms with E-state index < -0.39 is 0 Å². The number of fused-ring (bicyclic) bond motifs is 1. The molecule has 0 atom stereocenters. The van der Waals surface area contributed by atoms with Crippen LogP contribution in [0.25, 0.3) is 0 Å². The van der Waals surface area contributed by atoms with Gasteiger partial charge in [-0.3, -0.25) is 9.80 Å². The van der Waals surface area contributed by atoms with E-state index in [2.05, 4.69) is 23.4 Å². The molecule has 1 aromatic carbocycles. The second-order valence-electron chi connectivity index (χ2n) is 5.42. The molecule has 2 aliphatic heterocycles. The zero-order valence-corrected chi connectivity index (χ0v) is 11.5. The number of carbonyl (C=O) groups excluding carboxylic acids is 1. The van der Waals surface area contributed by atoms with Gasteiger partial charge < -0.3 is 5.32 Å². The van der Waals surface area contributed by atoms with Gasteiger partial charge in [-0.05, 0) is 44.7 Å². The van der Waals surface area contributed by atoms with Gasteiger partial charge in [0.25, 0.3) is 5.91 Å². The van der Waals surface area contributed by atoms with E-state index in [0.717, 1.165) is 42.7 Å². The van der Waals surface area contributed by atoms with E-state index in [1.807, 2.05) is 18.0 Å². The van der Waals surface area contributed by atoms with Crippen LogP contribution in [0.3, 0.4) is 0 Å². The summed E-state index contributed by atoms with van der Waals surface area (Å²) in [6, 6.07) is 4.13. The SMILES string of the molecule is Cc1cc(C)c2c(c1)C(=NN1CCCCC1)C(=O)N2. The number of anilines is 1. The number of nitrogens with zero attached hydrogens (tertiary/aromatic N) is 2. The van der Waals surface area contributed by atoms with Crippen molar-refractivity contribution < 1.29 is 4.79 Å². The Bertz CT molecular complexity index is 557. The lowest BCUT2D eigenvalue weighted by molar-refractivity contribution is -0.110. The van der Waals surface area contributed by atoms with Crippen LogP contribution >= 0.6 is 0 Å². The summed E-state index contributed by atoms with van der Waals surface area (Å²) < 4.78 is 0. The van der Waals surface area contributed by atoms with Gasteiger partial charge in [-0.1, -0.05) is 11.6 Å². The maximum Gasteiger partial charge on any atom is 0.276 e. The predicted molar refractivity (Wildman–Crippen MR) is 76.5 cm³/mol. The molecular formula is C15H19N3O. The molecule has 0 spiro atoms. The third kappa shape index (κ3) is 2.23. The minimum Gasteiger partial charge on any atom is -0.320 e. The van der Waals surface area contributed by atoms with Crippen molar-refractivity contribution in [2.24, 2.45) is 5.10 Å². The van der Waals surface area contributed by atoms with Gasteiger partial charge in [-0.15, -0.1) is 0 Å². The Morgan fingerprint density at radius 3 is 2.63 bits per heavy atom. The molecule has 4 heteroatoms. The molecule has 1 N–H and O–H groups in total. The molecule has 0 saturated carbocycles. The lowest BCUT2D eigenvalue weighted by Crippen LogP contribution is -2.28. The van der Waals surface area contributed by atoms with Crippen molar-refractivity contribution in [3.63, 3.8) is 0 Å². The maximum absolute atomic E-state index is 12.1. The van der Waals surface area contributed by atoms with Crippen LogP contribution in [0.4, 0.5) is 5.69 Å². The number of carbonyl (C=O) groups is 1. The summed E-state index contributed by atoms with van der Waals surface area (Å²) in [5.74, 6) is -0.0747. The number of piperidine rings is 1. The van der Waals surface area contributed by atoms with Crippen molar-refractivity contribution in [2.45, 2.75) is 33.1 Å². The van der Waals surface area contributed by atoms with Crippen molar-refractivity contribution in [1.29, 1.82) is 0 Å². The highest BCUT2D eigenvalue weighted by Gasteiger charge is 2.28.